The molecule has 1 aromatic carbocycles. The molecule has 4 heteroatoms. The van der Waals surface area contributed by atoms with E-state index in [1.165, 1.54) is 24.0 Å². The third-order valence-corrected chi connectivity index (χ3v) is 4.12. The van der Waals surface area contributed by atoms with Crippen LogP contribution in [-0.2, 0) is 13.1 Å². The summed E-state index contributed by atoms with van der Waals surface area (Å²) in [6.07, 6.45) is 8.12. The minimum Gasteiger partial charge on any atom is -0.337 e. The highest BCUT2D eigenvalue weighted by atomic mass is 15.2. The van der Waals surface area contributed by atoms with Gasteiger partial charge in [0.05, 0.1) is 6.33 Å². The quantitative estimate of drug-likeness (QED) is 0.818. The summed E-state index contributed by atoms with van der Waals surface area (Å²) in [7, 11) is 0. The Morgan fingerprint density at radius 2 is 2.05 bits per heavy atom. The van der Waals surface area contributed by atoms with Crippen molar-refractivity contribution in [3.8, 4) is 0 Å². The number of hydrogen-bond donors (Lipinski definition) is 1. The van der Waals surface area contributed by atoms with E-state index in [1.807, 2.05) is 18.7 Å². The van der Waals surface area contributed by atoms with Crippen LogP contribution in [0.2, 0.25) is 0 Å². The average molecular weight is 270 g/mol. The molecular formula is C16H22N4. The van der Waals surface area contributed by atoms with Crippen molar-refractivity contribution in [1.29, 1.82) is 0 Å². The largest absolute Gasteiger partial charge is 0.337 e. The fraction of sp³-hybridized carbons (Fsp3) is 0.438. The number of rotatable bonds is 6. The van der Waals surface area contributed by atoms with E-state index in [9.17, 15) is 0 Å². The molecule has 0 fully saturated rings. The lowest BCUT2D eigenvalue weighted by atomic mass is 10.1. The standard InChI is InChI=1S/C16H22N4/c17-11-16-15-6-2-1-5-14(15)12-20(16)9-4-3-8-19-10-7-18-13-19/h1-2,5-7,10,13,16H,3-4,8-9,11-12,17H2. The molecule has 0 spiro atoms. The summed E-state index contributed by atoms with van der Waals surface area (Å²) in [4.78, 5) is 6.58. The molecule has 4 nitrogen and oxygen atoms in total. The van der Waals surface area contributed by atoms with Crippen molar-refractivity contribution in [2.45, 2.75) is 32.0 Å². The van der Waals surface area contributed by atoms with Crippen LogP contribution >= 0.6 is 0 Å². The average Bonchev–Trinajstić information content (AvgIpc) is 3.10. The highest BCUT2D eigenvalue weighted by Crippen LogP contribution is 2.32. The van der Waals surface area contributed by atoms with Gasteiger partial charge in [0.25, 0.3) is 0 Å². The van der Waals surface area contributed by atoms with Gasteiger partial charge in [0.15, 0.2) is 0 Å². The maximum atomic E-state index is 5.97. The van der Waals surface area contributed by atoms with E-state index >= 15 is 0 Å². The first kappa shape index (κ1) is 13.3. The Bertz CT molecular complexity index is 535. The molecule has 0 amide bonds. The number of imidazole rings is 1. The van der Waals surface area contributed by atoms with Gasteiger partial charge in [-0.05, 0) is 30.5 Å². The van der Waals surface area contributed by atoms with Gasteiger partial charge in [0, 0.05) is 38.1 Å². The van der Waals surface area contributed by atoms with E-state index in [-0.39, 0.29) is 0 Å². The topological polar surface area (TPSA) is 47.1 Å². The molecule has 106 valence electrons. The van der Waals surface area contributed by atoms with Gasteiger partial charge in [-0.2, -0.15) is 0 Å². The molecule has 2 aromatic rings. The first-order chi connectivity index (χ1) is 9.88. The number of aryl methyl sites for hydroxylation is 1. The number of nitrogens with two attached hydrogens (primary N) is 1. The number of unbranched alkanes of at least 4 members (excludes halogenated alkanes) is 1. The van der Waals surface area contributed by atoms with E-state index in [0.717, 1.165) is 19.6 Å². The van der Waals surface area contributed by atoms with Gasteiger partial charge in [0.1, 0.15) is 0 Å². The van der Waals surface area contributed by atoms with Crippen LogP contribution in [0.25, 0.3) is 0 Å². The lowest BCUT2D eigenvalue weighted by Gasteiger charge is -2.23. The fourth-order valence-corrected chi connectivity index (χ4v) is 3.07. The van der Waals surface area contributed by atoms with Crippen LogP contribution in [0.3, 0.4) is 0 Å². The van der Waals surface area contributed by atoms with Crippen LogP contribution in [-0.4, -0.2) is 27.5 Å². The fourth-order valence-electron chi connectivity index (χ4n) is 3.07. The Morgan fingerprint density at radius 3 is 2.85 bits per heavy atom. The van der Waals surface area contributed by atoms with Gasteiger partial charge in [-0.15, -0.1) is 0 Å². The number of nitrogens with zero attached hydrogens (tertiary/aromatic N) is 3. The third-order valence-electron chi connectivity index (χ3n) is 4.12. The molecule has 0 bridgehead atoms. The monoisotopic (exact) mass is 270 g/mol. The molecule has 0 saturated heterocycles. The van der Waals surface area contributed by atoms with Crippen molar-refractivity contribution in [3.05, 3.63) is 54.1 Å². The number of benzene rings is 1. The van der Waals surface area contributed by atoms with E-state index in [4.69, 9.17) is 5.73 Å². The number of hydrogen-bond acceptors (Lipinski definition) is 3. The minimum atomic E-state index is 0.402. The molecule has 2 heterocycles. The molecule has 1 atom stereocenters. The molecule has 1 aromatic heterocycles. The molecule has 0 radical (unpaired) electrons. The zero-order valence-corrected chi connectivity index (χ0v) is 11.8. The van der Waals surface area contributed by atoms with Crippen molar-refractivity contribution in [2.24, 2.45) is 5.73 Å². The summed E-state index contributed by atoms with van der Waals surface area (Å²) < 4.78 is 2.14. The molecule has 20 heavy (non-hydrogen) atoms. The molecule has 1 unspecified atom stereocenters. The first-order valence-electron chi connectivity index (χ1n) is 7.36. The Hall–Kier alpha value is -1.65. The highest BCUT2D eigenvalue weighted by molar-refractivity contribution is 5.34. The van der Waals surface area contributed by atoms with Gasteiger partial charge >= 0.3 is 0 Å². The predicted octanol–water partition coefficient (Wildman–Crippen LogP) is 2.18. The zero-order valence-electron chi connectivity index (χ0n) is 11.8. The second-order valence-electron chi connectivity index (χ2n) is 5.43. The van der Waals surface area contributed by atoms with E-state index in [0.29, 0.717) is 12.6 Å². The van der Waals surface area contributed by atoms with Crippen LogP contribution in [0.15, 0.2) is 43.0 Å². The summed E-state index contributed by atoms with van der Waals surface area (Å²) in [5.74, 6) is 0. The van der Waals surface area contributed by atoms with Crippen molar-refractivity contribution >= 4 is 0 Å². The van der Waals surface area contributed by atoms with Crippen LogP contribution < -0.4 is 5.73 Å². The Morgan fingerprint density at radius 1 is 1.20 bits per heavy atom. The number of fused-ring (bicyclic) bond motifs is 1. The molecular weight excluding hydrogens is 248 g/mol. The van der Waals surface area contributed by atoms with Gasteiger partial charge in [0.2, 0.25) is 0 Å². The lowest BCUT2D eigenvalue weighted by molar-refractivity contribution is 0.214. The van der Waals surface area contributed by atoms with E-state index in [1.54, 1.807) is 0 Å². The van der Waals surface area contributed by atoms with Crippen LogP contribution in [0.4, 0.5) is 0 Å². The molecule has 0 aliphatic carbocycles. The zero-order chi connectivity index (χ0) is 13.8. The molecule has 3 rings (SSSR count). The number of aromatic nitrogens is 2. The van der Waals surface area contributed by atoms with Gasteiger partial charge in [-0.3, -0.25) is 4.90 Å². The third kappa shape index (κ3) is 2.76. The van der Waals surface area contributed by atoms with Crippen molar-refractivity contribution in [2.75, 3.05) is 13.1 Å². The Labute approximate surface area is 120 Å². The lowest BCUT2D eigenvalue weighted by Crippen LogP contribution is -2.28. The van der Waals surface area contributed by atoms with Crippen molar-refractivity contribution in [1.82, 2.24) is 14.5 Å². The molecule has 1 aliphatic rings. The summed E-state index contributed by atoms with van der Waals surface area (Å²) >= 11 is 0. The second kappa shape index (κ2) is 6.20. The summed E-state index contributed by atoms with van der Waals surface area (Å²) in [5.41, 5.74) is 8.83. The second-order valence-corrected chi connectivity index (χ2v) is 5.43. The summed E-state index contributed by atoms with van der Waals surface area (Å²) in [5, 5.41) is 0. The molecule has 2 N–H and O–H groups in total. The molecule has 1 aliphatic heterocycles. The Balaban J connectivity index is 1.51. The Kier molecular flexibility index (Phi) is 4.14. The van der Waals surface area contributed by atoms with Crippen LogP contribution in [0.5, 0.6) is 0 Å². The van der Waals surface area contributed by atoms with Gasteiger partial charge in [-0.25, -0.2) is 4.98 Å². The van der Waals surface area contributed by atoms with E-state index < -0.39 is 0 Å². The van der Waals surface area contributed by atoms with Crippen LogP contribution in [0.1, 0.15) is 30.0 Å². The molecule has 0 saturated carbocycles. The predicted molar refractivity (Wildman–Crippen MR) is 80.1 cm³/mol. The maximum Gasteiger partial charge on any atom is 0.0945 e. The highest BCUT2D eigenvalue weighted by Gasteiger charge is 2.27. The smallest absolute Gasteiger partial charge is 0.0945 e. The van der Waals surface area contributed by atoms with Gasteiger partial charge < -0.3 is 10.3 Å². The van der Waals surface area contributed by atoms with Crippen LogP contribution in [0, 0.1) is 0 Å². The normalized spacial score (nSPS) is 18.4. The first-order valence-corrected chi connectivity index (χ1v) is 7.36. The van der Waals surface area contributed by atoms with Crippen molar-refractivity contribution < 1.29 is 0 Å². The van der Waals surface area contributed by atoms with Gasteiger partial charge in [-0.1, -0.05) is 24.3 Å². The maximum absolute atomic E-state index is 5.97. The minimum absolute atomic E-state index is 0.402. The van der Waals surface area contributed by atoms with Crippen molar-refractivity contribution in [3.63, 3.8) is 0 Å². The van der Waals surface area contributed by atoms with E-state index in [2.05, 4.69) is 38.7 Å². The summed E-state index contributed by atoms with van der Waals surface area (Å²) in [6, 6.07) is 9.08. The summed E-state index contributed by atoms with van der Waals surface area (Å²) in [6.45, 7) is 3.92. The SMILES string of the molecule is NCC1c2ccccc2CN1CCCCn1ccnc1.